The average Bonchev–Trinajstić information content (AvgIpc) is 3.03. The van der Waals surface area contributed by atoms with Crippen molar-refractivity contribution in [3.05, 3.63) is 66.1 Å². The average molecular weight is 334 g/mol. The minimum Gasteiger partial charge on any atom is -0.493 e. The van der Waals surface area contributed by atoms with Gasteiger partial charge in [0.25, 0.3) is 0 Å². The van der Waals surface area contributed by atoms with Crippen molar-refractivity contribution >= 4 is 0 Å². The Hall–Kier alpha value is -2.66. The first kappa shape index (κ1) is 15.8. The molecule has 25 heavy (non-hydrogen) atoms. The van der Waals surface area contributed by atoms with Crippen LogP contribution in [0.1, 0.15) is 11.1 Å². The maximum absolute atomic E-state index is 5.87. The molecular weight excluding hydrogens is 312 g/mol. The van der Waals surface area contributed by atoms with E-state index in [0.29, 0.717) is 5.92 Å². The molecule has 3 heterocycles. The lowest BCUT2D eigenvalue weighted by Crippen LogP contribution is -2.31. The van der Waals surface area contributed by atoms with Gasteiger partial charge in [0.2, 0.25) is 0 Å². The van der Waals surface area contributed by atoms with E-state index in [4.69, 9.17) is 4.74 Å². The minimum atomic E-state index is 0.496. The summed E-state index contributed by atoms with van der Waals surface area (Å²) in [6.07, 6.45) is 6.75. The van der Waals surface area contributed by atoms with Crippen LogP contribution in [0.15, 0.2) is 55.0 Å². The van der Waals surface area contributed by atoms with Gasteiger partial charge in [-0.15, -0.1) is 0 Å². The van der Waals surface area contributed by atoms with Crippen LogP contribution >= 0.6 is 0 Å². The minimum absolute atomic E-state index is 0.496. The number of nitrogens with zero attached hydrogens (tertiary/aromatic N) is 3. The molecule has 1 aromatic carbocycles. The van der Waals surface area contributed by atoms with E-state index in [1.807, 2.05) is 29.9 Å². The van der Waals surface area contributed by atoms with Crippen LogP contribution in [0.25, 0.3) is 11.3 Å². The molecule has 5 nitrogen and oxygen atoms in total. The fourth-order valence-electron chi connectivity index (χ4n) is 3.35. The first-order valence-corrected chi connectivity index (χ1v) is 8.64. The molecule has 4 rings (SSSR count). The third-order valence-electron chi connectivity index (χ3n) is 4.56. The zero-order valence-electron chi connectivity index (χ0n) is 14.4. The van der Waals surface area contributed by atoms with Crippen LogP contribution < -0.4 is 10.1 Å². The summed E-state index contributed by atoms with van der Waals surface area (Å²) >= 11 is 0. The highest BCUT2D eigenvalue weighted by Gasteiger charge is 2.19. The van der Waals surface area contributed by atoms with Gasteiger partial charge in [0.05, 0.1) is 12.3 Å². The van der Waals surface area contributed by atoms with Gasteiger partial charge in [-0.2, -0.15) is 5.10 Å². The molecule has 1 aliphatic heterocycles. The smallest absolute Gasteiger partial charge is 0.122 e. The molecule has 0 fully saturated rings. The molecule has 1 aliphatic rings. The summed E-state index contributed by atoms with van der Waals surface area (Å²) in [6.45, 7) is 2.50. The van der Waals surface area contributed by atoms with E-state index in [1.165, 1.54) is 11.1 Å². The Kier molecular flexibility index (Phi) is 4.48. The highest BCUT2D eigenvalue weighted by molar-refractivity contribution is 5.61. The van der Waals surface area contributed by atoms with Crippen LogP contribution in [0.2, 0.25) is 0 Å². The molecule has 0 radical (unpaired) electrons. The zero-order chi connectivity index (χ0) is 17.1. The van der Waals surface area contributed by atoms with Gasteiger partial charge in [-0.3, -0.25) is 9.67 Å². The van der Waals surface area contributed by atoms with Gasteiger partial charge in [0, 0.05) is 55.8 Å². The van der Waals surface area contributed by atoms with Gasteiger partial charge in [-0.05, 0) is 30.2 Å². The summed E-state index contributed by atoms with van der Waals surface area (Å²) in [5.41, 5.74) is 4.62. The number of aromatic nitrogens is 3. The Bertz CT molecular complexity index is 844. The van der Waals surface area contributed by atoms with Gasteiger partial charge in [0.15, 0.2) is 0 Å². The number of hydrogen-bond donors (Lipinski definition) is 1. The summed E-state index contributed by atoms with van der Waals surface area (Å²) in [6, 6.07) is 12.3. The molecule has 0 amide bonds. The third-order valence-corrected chi connectivity index (χ3v) is 4.56. The number of rotatable bonds is 5. The van der Waals surface area contributed by atoms with E-state index in [1.54, 1.807) is 12.4 Å². The second-order valence-electron chi connectivity index (χ2n) is 6.53. The number of fused-ring (bicyclic) bond motifs is 1. The van der Waals surface area contributed by atoms with Crippen LogP contribution in [0, 0.1) is 5.92 Å². The fourth-order valence-corrected chi connectivity index (χ4v) is 3.35. The maximum Gasteiger partial charge on any atom is 0.122 e. The van der Waals surface area contributed by atoms with Crippen molar-refractivity contribution in [1.82, 2.24) is 20.1 Å². The van der Waals surface area contributed by atoms with Crippen molar-refractivity contribution in [3.8, 4) is 17.0 Å². The molecule has 0 spiro atoms. The molecule has 1 atom stereocenters. The summed E-state index contributed by atoms with van der Waals surface area (Å²) in [4.78, 5) is 4.09. The monoisotopic (exact) mass is 334 g/mol. The molecule has 0 aliphatic carbocycles. The number of aryl methyl sites for hydroxylation is 1. The predicted molar refractivity (Wildman–Crippen MR) is 97.3 cm³/mol. The number of benzene rings is 1. The predicted octanol–water partition coefficient (Wildman–Crippen LogP) is 2.82. The van der Waals surface area contributed by atoms with Gasteiger partial charge in [0.1, 0.15) is 5.75 Å². The topological polar surface area (TPSA) is 52.0 Å². The quantitative estimate of drug-likeness (QED) is 0.779. The van der Waals surface area contributed by atoms with Gasteiger partial charge in [-0.25, -0.2) is 0 Å². The van der Waals surface area contributed by atoms with E-state index in [-0.39, 0.29) is 0 Å². The van der Waals surface area contributed by atoms with E-state index < -0.39 is 0 Å². The SMILES string of the molecule is Cn1cc(CNC[C@@H]2COc3ccccc3C2)c(-c2ccncc2)n1. The molecule has 0 bridgehead atoms. The van der Waals surface area contributed by atoms with Gasteiger partial charge >= 0.3 is 0 Å². The molecule has 128 valence electrons. The van der Waals surface area contributed by atoms with Crippen LogP contribution in [0.5, 0.6) is 5.75 Å². The highest BCUT2D eigenvalue weighted by Crippen LogP contribution is 2.26. The van der Waals surface area contributed by atoms with Crippen molar-refractivity contribution in [1.29, 1.82) is 0 Å². The van der Waals surface area contributed by atoms with E-state index >= 15 is 0 Å². The maximum atomic E-state index is 5.87. The third kappa shape index (κ3) is 3.56. The van der Waals surface area contributed by atoms with Crippen molar-refractivity contribution in [2.45, 2.75) is 13.0 Å². The normalized spacial score (nSPS) is 16.3. The van der Waals surface area contributed by atoms with Crippen LogP contribution in [-0.4, -0.2) is 27.9 Å². The Morgan fingerprint density at radius 2 is 2.04 bits per heavy atom. The molecule has 0 unspecified atom stereocenters. The van der Waals surface area contributed by atoms with Crippen LogP contribution in [0.4, 0.5) is 0 Å². The van der Waals surface area contributed by atoms with Gasteiger partial charge in [-0.1, -0.05) is 18.2 Å². The van der Waals surface area contributed by atoms with E-state index in [0.717, 1.165) is 43.1 Å². The van der Waals surface area contributed by atoms with Crippen molar-refractivity contribution in [3.63, 3.8) is 0 Å². The first-order valence-electron chi connectivity index (χ1n) is 8.64. The second-order valence-corrected chi connectivity index (χ2v) is 6.53. The summed E-state index contributed by atoms with van der Waals surface area (Å²) in [7, 11) is 1.96. The molecule has 5 heteroatoms. The number of pyridine rings is 1. The number of ether oxygens (including phenoxy) is 1. The molecule has 2 aromatic heterocycles. The molecule has 1 N–H and O–H groups in total. The van der Waals surface area contributed by atoms with E-state index in [2.05, 4.69) is 39.8 Å². The van der Waals surface area contributed by atoms with Crippen molar-refractivity contribution in [2.75, 3.05) is 13.2 Å². The number of para-hydroxylation sites is 1. The molecule has 3 aromatic rings. The molecule has 0 saturated carbocycles. The Morgan fingerprint density at radius 3 is 2.92 bits per heavy atom. The van der Waals surface area contributed by atoms with Crippen molar-refractivity contribution < 1.29 is 4.74 Å². The largest absolute Gasteiger partial charge is 0.493 e. The lowest BCUT2D eigenvalue weighted by Gasteiger charge is -2.25. The Morgan fingerprint density at radius 1 is 1.20 bits per heavy atom. The lowest BCUT2D eigenvalue weighted by atomic mass is 9.96. The number of hydrogen-bond acceptors (Lipinski definition) is 4. The van der Waals surface area contributed by atoms with Crippen LogP contribution in [0.3, 0.4) is 0 Å². The van der Waals surface area contributed by atoms with Crippen LogP contribution in [-0.2, 0) is 20.0 Å². The fraction of sp³-hybridized carbons (Fsp3) is 0.300. The summed E-state index contributed by atoms with van der Waals surface area (Å²) in [5, 5.41) is 8.18. The Balaban J connectivity index is 1.38. The Labute approximate surface area is 147 Å². The first-order chi connectivity index (χ1) is 12.3. The lowest BCUT2D eigenvalue weighted by molar-refractivity contribution is 0.218. The van der Waals surface area contributed by atoms with Crippen molar-refractivity contribution in [2.24, 2.45) is 13.0 Å². The van der Waals surface area contributed by atoms with E-state index in [9.17, 15) is 0 Å². The molecular formula is C20H22N4O. The number of nitrogens with one attached hydrogen (secondary N) is 1. The standard InChI is InChI=1S/C20H22N4O/c1-24-13-18(20(23-24)16-6-8-21-9-7-16)12-22-11-15-10-17-4-2-3-5-19(17)25-14-15/h2-9,13,15,22H,10-12,14H2,1H3/t15-/m1/s1. The van der Waals surface area contributed by atoms with Gasteiger partial charge < -0.3 is 10.1 Å². The zero-order valence-corrected chi connectivity index (χ0v) is 14.4. The second kappa shape index (κ2) is 7.07. The summed E-state index contributed by atoms with van der Waals surface area (Å²) in [5.74, 6) is 1.53. The highest BCUT2D eigenvalue weighted by atomic mass is 16.5. The molecule has 0 saturated heterocycles. The summed E-state index contributed by atoms with van der Waals surface area (Å²) < 4.78 is 7.74.